The van der Waals surface area contributed by atoms with Crippen LogP contribution in [0.5, 0.6) is 0 Å². The van der Waals surface area contributed by atoms with Gasteiger partial charge in [-0.15, -0.1) is 0 Å². The molecule has 0 saturated heterocycles. The van der Waals surface area contributed by atoms with E-state index in [0.29, 0.717) is 4.31 Å². The smallest absolute Gasteiger partial charge is 0.246 e. The summed E-state index contributed by atoms with van der Waals surface area (Å²) in [5.41, 5.74) is 0.118. The quantitative estimate of drug-likeness (QED) is 0.784. The Kier molecular flexibility index (Phi) is 3.46. The number of nitrogens with zero attached hydrogens (tertiary/aromatic N) is 4. The molecule has 0 spiro atoms. The molecule has 116 valence electrons. The van der Waals surface area contributed by atoms with E-state index >= 15 is 0 Å². The monoisotopic (exact) mass is 332 g/mol. The Hall–Kier alpha value is -2.99. The number of sulfonamides is 1. The lowest BCUT2D eigenvalue weighted by atomic mass is 10.2. The van der Waals surface area contributed by atoms with E-state index in [4.69, 9.17) is 5.26 Å². The van der Waals surface area contributed by atoms with Crippen molar-refractivity contribution in [1.82, 2.24) is 9.29 Å². The van der Waals surface area contributed by atoms with Gasteiger partial charge in [-0.05, 0) is 30.3 Å². The minimum atomic E-state index is -4.18. The molecule has 0 unspecified atom stereocenters. The number of hydrogen-bond acceptors (Lipinski definition) is 5. The first-order chi connectivity index (χ1) is 11.0. The second-order valence-corrected chi connectivity index (χ2v) is 6.42. The molecule has 0 radical (unpaired) electrons. The largest absolute Gasteiger partial charge is 0.345 e. The molecule has 3 rings (SSSR count). The standard InChI is InChI=1S/C14H9FN4O3S/c15-10-3-1-4-11(9-10)19-13-12(5-2-7-17-13)23(21,22)18(8-6-16)14(19)20/h1-5,7,9H,8H2. The average molecular weight is 332 g/mol. The maximum Gasteiger partial charge on any atom is 0.345 e. The van der Waals surface area contributed by atoms with Crippen LogP contribution in [0, 0.1) is 17.1 Å². The number of rotatable bonds is 2. The van der Waals surface area contributed by atoms with Gasteiger partial charge in [0.25, 0.3) is 10.0 Å². The van der Waals surface area contributed by atoms with Crippen LogP contribution in [0.1, 0.15) is 0 Å². The number of halogens is 1. The van der Waals surface area contributed by atoms with E-state index < -0.39 is 28.4 Å². The molecule has 7 nitrogen and oxygen atoms in total. The number of carbonyl (C=O) groups is 1. The van der Waals surface area contributed by atoms with Crippen molar-refractivity contribution in [3.05, 3.63) is 48.4 Å². The SMILES string of the molecule is N#CCN1C(=O)N(c2cccc(F)c2)c2ncccc2S1(=O)=O. The summed E-state index contributed by atoms with van der Waals surface area (Å²) in [6.07, 6.45) is 1.33. The zero-order valence-corrected chi connectivity index (χ0v) is 12.4. The number of anilines is 2. The van der Waals surface area contributed by atoms with E-state index in [2.05, 4.69) is 4.98 Å². The summed E-state index contributed by atoms with van der Waals surface area (Å²) < 4.78 is 38.8. The number of hydrogen-bond donors (Lipinski definition) is 0. The van der Waals surface area contributed by atoms with E-state index in [1.54, 1.807) is 6.07 Å². The third-order valence-electron chi connectivity index (χ3n) is 3.22. The third-order valence-corrected chi connectivity index (χ3v) is 4.96. The van der Waals surface area contributed by atoms with Crippen molar-refractivity contribution in [3.63, 3.8) is 0 Å². The molecule has 9 heteroatoms. The van der Waals surface area contributed by atoms with Crippen LogP contribution in [-0.2, 0) is 10.0 Å². The molecule has 0 atom stereocenters. The summed E-state index contributed by atoms with van der Waals surface area (Å²) in [4.78, 5) is 17.3. The number of aromatic nitrogens is 1. The van der Waals surface area contributed by atoms with Crippen LogP contribution in [-0.4, -0.2) is 30.3 Å². The highest BCUT2D eigenvalue weighted by atomic mass is 32.2. The highest BCUT2D eigenvalue weighted by molar-refractivity contribution is 7.90. The summed E-state index contributed by atoms with van der Waals surface area (Å²) >= 11 is 0. The maximum atomic E-state index is 13.5. The fourth-order valence-electron chi connectivity index (χ4n) is 2.24. The summed E-state index contributed by atoms with van der Waals surface area (Å²) in [6, 6.07) is 8.45. The van der Waals surface area contributed by atoms with Crippen LogP contribution < -0.4 is 4.90 Å². The molecular formula is C14H9FN4O3S. The highest BCUT2D eigenvalue weighted by Gasteiger charge is 2.43. The number of pyridine rings is 1. The minimum Gasteiger partial charge on any atom is -0.246 e. The van der Waals surface area contributed by atoms with Gasteiger partial charge in [-0.1, -0.05) is 6.07 Å². The van der Waals surface area contributed by atoms with E-state index in [0.717, 1.165) is 11.0 Å². The van der Waals surface area contributed by atoms with Crippen LogP contribution in [0.4, 0.5) is 20.7 Å². The summed E-state index contributed by atoms with van der Waals surface area (Å²) in [5, 5.41) is 8.81. The fraction of sp³-hybridized carbons (Fsp3) is 0.0714. The molecular weight excluding hydrogens is 323 g/mol. The molecule has 23 heavy (non-hydrogen) atoms. The van der Waals surface area contributed by atoms with Gasteiger partial charge in [-0.3, -0.25) is 0 Å². The number of nitriles is 1. The number of amides is 2. The van der Waals surface area contributed by atoms with Crippen LogP contribution in [0.2, 0.25) is 0 Å². The lowest BCUT2D eigenvalue weighted by molar-refractivity contribution is 0.233. The van der Waals surface area contributed by atoms with Gasteiger partial charge in [0.2, 0.25) is 0 Å². The van der Waals surface area contributed by atoms with E-state index in [1.165, 1.54) is 36.5 Å². The predicted molar refractivity (Wildman–Crippen MR) is 77.7 cm³/mol. The van der Waals surface area contributed by atoms with Gasteiger partial charge in [0, 0.05) is 6.20 Å². The Morgan fingerprint density at radius 2 is 2.04 bits per heavy atom. The number of benzene rings is 1. The van der Waals surface area contributed by atoms with E-state index in [1.807, 2.05) is 0 Å². The van der Waals surface area contributed by atoms with Crippen LogP contribution in [0.15, 0.2) is 47.5 Å². The molecule has 1 aromatic carbocycles. The molecule has 0 saturated carbocycles. The van der Waals surface area contributed by atoms with Crippen LogP contribution in [0.3, 0.4) is 0 Å². The van der Waals surface area contributed by atoms with Gasteiger partial charge in [0.05, 0.1) is 11.8 Å². The predicted octanol–water partition coefficient (Wildman–Crippen LogP) is 2.01. The second-order valence-electron chi connectivity index (χ2n) is 4.59. The van der Waals surface area contributed by atoms with Crippen molar-refractivity contribution in [2.45, 2.75) is 4.90 Å². The van der Waals surface area contributed by atoms with Crippen molar-refractivity contribution >= 4 is 27.6 Å². The summed E-state index contributed by atoms with van der Waals surface area (Å²) in [7, 11) is -4.18. The van der Waals surface area contributed by atoms with Gasteiger partial charge in [0.15, 0.2) is 5.82 Å². The first-order valence-corrected chi connectivity index (χ1v) is 7.85. The minimum absolute atomic E-state index is 0.118. The Bertz CT molecular complexity index is 939. The average Bonchev–Trinajstić information content (AvgIpc) is 2.52. The van der Waals surface area contributed by atoms with Gasteiger partial charge in [0.1, 0.15) is 17.3 Å². The molecule has 1 aromatic heterocycles. The molecule has 0 fully saturated rings. The molecule has 2 aromatic rings. The second kappa shape index (κ2) is 5.33. The zero-order valence-electron chi connectivity index (χ0n) is 11.5. The lowest BCUT2D eigenvalue weighted by Crippen LogP contribution is -2.49. The van der Waals surface area contributed by atoms with Gasteiger partial charge in [-0.2, -0.15) is 5.26 Å². The normalized spacial score (nSPS) is 15.9. The molecule has 0 N–H and O–H groups in total. The van der Waals surface area contributed by atoms with E-state index in [9.17, 15) is 17.6 Å². The molecule has 0 aliphatic carbocycles. The summed E-state index contributed by atoms with van der Waals surface area (Å²) in [5.74, 6) is -0.717. The first kappa shape index (κ1) is 14.9. The Labute approximate surface area is 131 Å². The fourth-order valence-corrected chi connectivity index (χ4v) is 3.62. The van der Waals surface area contributed by atoms with Crippen molar-refractivity contribution in [1.29, 1.82) is 5.26 Å². The van der Waals surface area contributed by atoms with Crippen molar-refractivity contribution in [2.24, 2.45) is 0 Å². The van der Waals surface area contributed by atoms with Crippen LogP contribution >= 0.6 is 0 Å². The van der Waals surface area contributed by atoms with Gasteiger partial charge < -0.3 is 0 Å². The molecule has 1 aliphatic rings. The number of fused-ring (bicyclic) bond motifs is 1. The molecule has 1 aliphatic heterocycles. The van der Waals surface area contributed by atoms with Gasteiger partial charge >= 0.3 is 6.03 Å². The van der Waals surface area contributed by atoms with Crippen LogP contribution in [0.25, 0.3) is 0 Å². The topological polar surface area (TPSA) is 94.4 Å². The number of carbonyl (C=O) groups excluding carboxylic acids is 1. The van der Waals surface area contributed by atoms with Crippen molar-refractivity contribution in [3.8, 4) is 6.07 Å². The highest BCUT2D eigenvalue weighted by Crippen LogP contribution is 2.37. The Morgan fingerprint density at radius 1 is 1.26 bits per heavy atom. The maximum absolute atomic E-state index is 13.5. The van der Waals surface area contributed by atoms with Gasteiger partial charge in [-0.25, -0.2) is 31.8 Å². The first-order valence-electron chi connectivity index (χ1n) is 6.41. The Morgan fingerprint density at radius 3 is 2.74 bits per heavy atom. The Balaban J connectivity index is 2.28. The molecule has 2 heterocycles. The third kappa shape index (κ3) is 2.29. The zero-order chi connectivity index (χ0) is 16.6. The van der Waals surface area contributed by atoms with E-state index in [-0.39, 0.29) is 16.4 Å². The number of urea groups is 1. The lowest BCUT2D eigenvalue weighted by Gasteiger charge is -2.34. The molecule has 0 bridgehead atoms. The van der Waals surface area contributed by atoms with Crippen molar-refractivity contribution in [2.75, 3.05) is 11.4 Å². The summed E-state index contributed by atoms with van der Waals surface area (Å²) in [6.45, 7) is -0.651. The van der Waals surface area contributed by atoms with Crippen molar-refractivity contribution < 1.29 is 17.6 Å². The molecule has 2 amide bonds.